The van der Waals surface area contributed by atoms with Gasteiger partial charge in [0.2, 0.25) is 0 Å². The summed E-state index contributed by atoms with van der Waals surface area (Å²) < 4.78 is 0. The average Bonchev–Trinajstić information content (AvgIpc) is 2.51. The van der Waals surface area contributed by atoms with Gasteiger partial charge >= 0.3 is 0 Å². The maximum absolute atomic E-state index is 12.4. The maximum Gasteiger partial charge on any atom is 0.266 e. The van der Waals surface area contributed by atoms with Gasteiger partial charge in [-0.05, 0) is 55.7 Å². The van der Waals surface area contributed by atoms with E-state index in [4.69, 9.17) is 11.6 Å². The number of aryl methyl sites for hydroxylation is 3. The number of nitrogens with one attached hydrogen (secondary N) is 1. The Bertz CT molecular complexity index is 856. The zero-order valence-corrected chi connectivity index (χ0v) is 14.4. The summed E-state index contributed by atoms with van der Waals surface area (Å²) in [6.07, 6.45) is 1.43. The van der Waals surface area contributed by atoms with Crippen LogP contribution in [0, 0.1) is 32.1 Å². The first-order chi connectivity index (χ1) is 11.3. The molecule has 0 atom stereocenters. The zero-order valence-electron chi connectivity index (χ0n) is 13.6. The van der Waals surface area contributed by atoms with Crippen molar-refractivity contribution in [2.45, 2.75) is 20.8 Å². The molecule has 0 aliphatic rings. The number of hydrogen-bond acceptors (Lipinski definition) is 3. The van der Waals surface area contributed by atoms with Crippen LogP contribution in [0.15, 0.2) is 35.9 Å². The minimum absolute atomic E-state index is 0.0452. The van der Waals surface area contributed by atoms with Crippen molar-refractivity contribution in [2.75, 3.05) is 5.32 Å². The number of phenolic OH excluding ortho intramolecular Hbond substituents is 1. The molecule has 0 saturated carbocycles. The van der Waals surface area contributed by atoms with Gasteiger partial charge in [0.15, 0.2) is 0 Å². The van der Waals surface area contributed by atoms with Crippen molar-refractivity contribution in [3.8, 4) is 11.8 Å². The molecule has 4 nitrogen and oxygen atoms in total. The van der Waals surface area contributed by atoms with Gasteiger partial charge in [0.05, 0.1) is 5.02 Å². The number of halogens is 1. The first-order valence-corrected chi connectivity index (χ1v) is 7.69. The average molecular weight is 341 g/mol. The number of hydrogen-bond donors (Lipinski definition) is 2. The normalized spacial score (nSPS) is 11.0. The van der Waals surface area contributed by atoms with Crippen molar-refractivity contribution in [1.29, 1.82) is 5.26 Å². The molecular weight excluding hydrogens is 324 g/mol. The lowest BCUT2D eigenvalue weighted by Gasteiger charge is -2.12. The molecular formula is C19H17ClN2O2. The first-order valence-electron chi connectivity index (χ1n) is 7.31. The van der Waals surface area contributed by atoms with Crippen LogP contribution in [0.1, 0.15) is 22.3 Å². The summed E-state index contributed by atoms with van der Waals surface area (Å²) in [5.74, 6) is -0.542. The van der Waals surface area contributed by atoms with E-state index in [0.717, 1.165) is 16.7 Å². The van der Waals surface area contributed by atoms with Gasteiger partial charge < -0.3 is 10.4 Å². The van der Waals surface area contributed by atoms with Crippen molar-refractivity contribution in [2.24, 2.45) is 0 Å². The summed E-state index contributed by atoms with van der Waals surface area (Å²) in [6.45, 7) is 5.80. The van der Waals surface area contributed by atoms with Crippen LogP contribution < -0.4 is 5.32 Å². The summed E-state index contributed by atoms with van der Waals surface area (Å²) in [7, 11) is 0. The van der Waals surface area contributed by atoms with E-state index >= 15 is 0 Å². The highest BCUT2D eigenvalue weighted by Gasteiger charge is 2.13. The van der Waals surface area contributed by atoms with Crippen LogP contribution in [-0.2, 0) is 4.79 Å². The van der Waals surface area contributed by atoms with E-state index < -0.39 is 5.91 Å². The summed E-state index contributed by atoms with van der Waals surface area (Å²) in [6, 6.07) is 10.3. The number of carbonyl (C=O) groups is 1. The van der Waals surface area contributed by atoms with Crippen LogP contribution in [0.4, 0.5) is 5.69 Å². The Kier molecular flexibility index (Phi) is 5.28. The number of nitriles is 1. The first kappa shape index (κ1) is 17.6. The van der Waals surface area contributed by atoms with Crippen LogP contribution in [0.2, 0.25) is 5.02 Å². The van der Waals surface area contributed by atoms with Gasteiger partial charge in [-0.1, -0.05) is 35.4 Å². The molecule has 2 rings (SSSR count). The number of benzene rings is 2. The van der Waals surface area contributed by atoms with Crippen molar-refractivity contribution >= 4 is 29.3 Å². The number of carbonyl (C=O) groups excluding carboxylic acids is 1. The zero-order chi connectivity index (χ0) is 17.9. The molecule has 2 N–H and O–H groups in total. The Morgan fingerprint density at radius 2 is 1.83 bits per heavy atom. The second kappa shape index (κ2) is 7.20. The minimum atomic E-state index is -0.489. The predicted octanol–water partition coefficient (Wildman–Crippen LogP) is 4.52. The fourth-order valence-corrected chi connectivity index (χ4v) is 2.68. The summed E-state index contributed by atoms with van der Waals surface area (Å²) in [5, 5.41) is 21.7. The molecule has 1 amide bonds. The van der Waals surface area contributed by atoms with Crippen LogP contribution in [-0.4, -0.2) is 11.0 Å². The smallest absolute Gasteiger partial charge is 0.266 e. The van der Waals surface area contributed by atoms with Gasteiger partial charge in [-0.3, -0.25) is 4.79 Å². The topological polar surface area (TPSA) is 73.1 Å². The largest absolute Gasteiger partial charge is 0.506 e. The third-order valence-electron chi connectivity index (χ3n) is 3.56. The van der Waals surface area contributed by atoms with Gasteiger partial charge in [0, 0.05) is 5.69 Å². The maximum atomic E-state index is 12.4. The molecule has 2 aromatic rings. The van der Waals surface area contributed by atoms with E-state index in [-0.39, 0.29) is 16.3 Å². The lowest BCUT2D eigenvalue weighted by Crippen LogP contribution is -2.15. The van der Waals surface area contributed by atoms with Crippen LogP contribution in [0.3, 0.4) is 0 Å². The Morgan fingerprint density at radius 3 is 2.38 bits per heavy atom. The number of phenols is 1. The lowest BCUT2D eigenvalue weighted by molar-refractivity contribution is -0.112. The van der Waals surface area contributed by atoms with Crippen LogP contribution >= 0.6 is 11.6 Å². The van der Waals surface area contributed by atoms with E-state index in [1.807, 2.05) is 39.0 Å². The van der Waals surface area contributed by atoms with Gasteiger partial charge in [-0.25, -0.2) is 0 Å². The summed E-state index contributed by atoms with van der Waals surface area (Å²) in [5.41, 5.74) is 4.20. The second-order valence-electron chi connectivity index (χ2n) is 5.61. The van der Waals surface area contributed by atoms with Crippen molar-refractivity contribution < 1.29 is 9.90 Å². The Labute approximate surface area is 146 Å². The standard InChI is InChI=1S/C19H17ClN2O2/c1-11-6-12(2)18(13(3)7-11)22-19(24)15(10-21)8-14-4-5-17(23)16(20)9-14/h4-9,23H,1-3H3,(H,22,24). The summed E-state index contributed by atoms with van der Waals surface area (Å²) in [4.78, 5) is 12.4. The van der Waals surface area contributed by atoms with E-state index in [1.165, 1.54) is 18.2 Å². The third kappa shape index (κ3) is 3.95. The minimum Gasteiger partial charge on any atom is -0.506 e. The molecule has 2 aromatic carbocycles. The highest BCUT2D eigenvalue weighted by Crippen LogP contribution is 2.25. The lowest BCUT2D eigenvalue weighted by atomic mass is 10.0. The molecule has 0 aliphatic heterocycles. The molecule has 0 aromatic heterocycles. The fraction of sp³-hybridized carbons (Fsp3) is 0.158. The number of anilines is 1. The highest BCUT2D eigenvalue weighted by molar-refractivity contribution is 6.32. The molecule has 0 aliphatic carbocycles. The van der Waals surface area contributed by atoms with Crippen LogP contribution in [0.25, 0.3) is 6.08 Å². The molecule has 0 radical (unpaired) electrons. The summed E-state index contributed by atoms with van der Waals surface area (Å²) >= 11 is 5.84. The van der Waals surface area contributed by atoms with Crippen molar-refractivity contribution in [3.05, 3.63) is 63.2 Å². The Balaban J connectivity index is 2.31. The monoisotopic (exact) mass is 340 g/mol. The quantitative estimate of drug-likeness (QED) is 0.637. The highest BCUT2D eigenvalue weighted by atomic mass is 35.5. The SMILES string of the molecule is Cc1cc(C)c(NC(=O)C(C#N)=Cc2ccc(O)c(Cl)c2)c(C)c1. The fourth-order valence-electron chi connectivity index (χ4n) is 2.49. The molecule has 0 heterocycles. The Hall–Kier alpha value is -2.77. The van der Waals surface area contributed by atoms with Crippen molar-refractivity contribution in [1.82, 2.24) is 0 Å². The Morgan fingerprint density at radius 1 is 1.21 bits per heavy atom. The number of aromatic hydroxyl groups is 1. The second-order valence-corrected chi connectivity index (χ2v) is 6.02. The molecule has 0 spiro atoms. The van der Waals surface area contributed by atoms with Gasteiger partial charge in [0.25, 0.3) is 5.91 Å². The molecule has 0 unspecified atom stereocenters. The number of rotatable bonds is 3. The molecule has 0 bridgehead atoms. The molecule has 0 fully saturated rings. The molecule has 24 heavy (non-hydrogen) atoms. The van der Waals surface area contributed by atoms with E-state index in [1.54, 1.807) is 6.07 Å². The van der Waals surface area contributed by atoms with Crippen molar-refractivity contribution in [3.63, 3.8) is 0 Å². The van der Waals surface area contributed by atoms with Crippen LogP contribution in [0.5, 0.6) is 5.75 Å². The van der Waals surface area contributed by atoms with E-state index in [0.29, 0.717) is 11.3 Å². The predicted molar refractivity (Wildman–Crippen MR) is 96.0 cm³/mol. The van der Waals surface area contributed by atoms with Gasteiger partial charge in [-0.15, -0.1) is 0 Å². The number of nitrogens with zero attached hydrogens (tertiary/aromatic N) is 1. The molecule has 0 saturated heterocycles. The van der Waals surface area contributed by atoms with E-state index in [9.17, 15) is 15.2 Å². The van der Waals surface area contributed by atoms with E-state index in [2.05, 4.69) is 5.32 Å². The molecule has 5 heteroatoms. The molecule has 122 valence electrons. The van der Waals surface area contributed by atoms with Gasteiger partial charge in [0.1, 0.15) is 17.4 Å². The third-order valence-corrected chi connectivity index (χ3v) is 3.87. The number of amides is 1. The van der Waals surface area contributed by atoms with Gasteiger partial charge in [-0.2, -0.15) is 5.26 Å².